The molecule has 1 aromatic rings. The molecule has 5 heteroatoms. The molecule has 0 saturated heterocycles. The summed E-state index contributed by atoms with van der Waals surface area (Å²) < 4.78 is 0. The van der Waals surface area contributed by atoms with Gasteiger partial charge in [0.1, 0.15) is 0 Å². The number of nitrogens with one attached hydrogen (secondary N) is 1. The van der Waals surface area contributed by atoms with Crippen molar-refractivity contribution in [3.05, 3.63) is 21.4 Å². The van der Waals surface area contributed by atoms with Crippen molar-refractivity contribution in [3.63, 3.8) is 0 Å². The largest absolute Gasteiger partial charge is 0.349 e. The van der Waals surface area contributed by atoms with E-state index in [0.717, 1.165) is 25.7 Å². The summed E-state index contributed by atoms with van der Waals surface area (Å²) in [5.74, 6) is 0.168. The lowest BCUT2D eigenvalue weighted by atomic mass is 9.97. The van der Waals surface area contributed by atoms with Crippen LogP contribution in [-0.4, -0.2) is 18.0 Å². The minimum Gasteiger partial charge on any atom is -0.349 e. The van der Waals surface area contributed by atoms with Crippen LogP contribution in [0.5, 0.6) is 0 Å². The van der Waals surface area contributed by atoms with Crippen molar-refractivity contribution in [3.8, 4) is 0 Å². The molecule has 1 heterocycles. The maximum absolute atomic E-state index is 12.1. The smallest absolute Gasteiger partial charge is 0.220 e. The molecule has 1 fully saturated rings. The lowest BCUT2D eigenvalue weighted by molar-refractivity contribution is -0.123. The molecule has 1 saturated carbocycles. The molecule has 0 aromatic carbocycles. The molecule has 0 aliphatic heterocycles. The quantitative estimate of drug-likeness (QED) is 0.838. The van der Waals surface area contributed by atoms with E-state index in [0.29, 0.717) is 13.0 Å². The number of hydrogen-bond donors (Lipinski definition) is 2. The van der Waals surface area contributed by atoms with Crippen LogP contribution in [0.2, 0.25) is 0 Å². The topological polar surface area (TPSA) is 55.1 Å². The van der Waals surface area contributed by atoms with E-state index >= 15 is 0 Å². The Balaban J connectivity index is 0.00000220. The van der Waals surface area contributed by atoms with Crippen LogP contribution >= 0.6 is 23.7 Å². The molecule has 0 spiro atoms. The highest BCUT2D eigenvalue weighted by molar-refractivity contribution is 7.12. The number of carbonyl (C=O) groups excluding carboxylic acids is 1. The predicted molar refractivity (Wildman–Crippen MR) is 92.4 cm³/mol. The van der Waals surface area contributed by atoms with Gasteiger partial charge >= 0.3 is 0 Å². The number of rotatable bonds is 6. The van der Waals surface area contributed by atoms with Gasteiger partial charge in [0.05, 0.1) is 5.54 Å². The third-order valence-corrected chi connectivity index (χ3v) is 5.36. The number of carbonyl (C=O) groups is 1. The van der Waals surface area contributed by atoms with Gasteiger partial charge in [-0.05, 0) is 51.2 Å². The second kappa shape index (κ2) is 8.16. The van der Waals surface area contributed by atoms with Gasteiger partial charge in [-0.1, -0.05) is 12.8 Å². The zero-order chi connectivity index (χ0) is 14.6. The van der Waals surface area contributed by atoms with Crippen LogP contribution in [0.15, 0.2) is 6.07 Å². The molecule has 2 rings (SSSR count). The number of hydrogen-bond acceptors (Lipinski definition) is 3. The molecular weight excluding hydrogens is 304 g/mol. The van der Waals surface area contributed by atoms with Crippen LogP contribution in [0.4, 0.5) is 0 Å². The fraction of sp³-hybridized carbons (Fsp3) is 0.688. The third-order valence-electron chi connectivity index (χ3n) is 4.35. The van der Waals surface area contributed by atoms with E-state index in [2.05, 4.69) is 25.2 Å². The Morgan fingerprint density at radius 1 is 1.38 bits per heavy atom. The first-order chi connectivity index (χ1) is 9.54. The Morgan fingerprint density at radius 2 is 2.05 bits per heavy atom. The molecule has 3 nitrogen and oxygen atoms in total. The Bertz CT molecular complexity index is 467. The first-order valence-corrected chi connectivity index (χ1v) is 8.43. The molecule has 1 aliphatic rings. The Kier molecular flexibility index (Phi) is 7.17. The lowest BCUT2D eigenvalue weighted by Crippen LogP contribution is -2.51. The predicted octanol–water partition coefficient (Wildman–Crippen LogP) is 3.50. The normalized spacial score (nSPS) is 16.5. The van der Waals surface area contributed by atoms with Gasteiger partial charge in [0, 0.05) is 22.7 Å². The number of amides is 1. The van der Waals surface area contributed by atoms with Crippen LogP contribution in [0.1, 0.15) is 53.8 Å². The monoisotopic (exact) mass is 330 g/mol. The number of thiophene rings is 1. The maximum atomic E-state index is 12.1. The van der Waals surface area contributed by atoms with Crippen molar-refractivity contribution in [2.75, 3.05) is 6.54 Å². The molecule has 1 aliphatic carbocycles. The molecule has 1 amide bonds. The molecule has 0 radical (unpaired) electrons. The lowest BCUT2D eigenvalue weighted by Gasteiger charge is -2.28. The molecule has 120 valence electrons. The fourth-order valence-corrected chi connectivity index (χ4v) is 4.14. The van der Waals surface area contributed by atoms with Gasteiger partial charge in [0.25, 0.3) is 0 Å². The number of aryl methyl sites for hydroxylation is 3. The van der Waals surface area contributed by atoms with Crippen LogP contribution in [-0.2, 0) is 11.2 Å². The van der Waals surface area contributed by atoms with Crippen molar-refractivity contribution in [2.45, 2.75) is 64.3 Å². The van der Waals surface area contributed by atoms with Gasteiger partial charge in [-0.15, -0.1) is 23.7 Å². The van der Waals surface area contributed by atoms with Gasteiger partial charge in [-0.25, -0.2) is 0 Å². The van der Waals surface area contributed by atoms with Crippen LogP contribution < -0.4 is 11.1 Å². The Labute approximate surface area is 138 Å². The van der Waals surface area contributed by atoms with Crippen LogP contribution in [0.25, 0.3) is 0 Å². The van der Waals surface area contributed by atoms with Gasteiger partial charge in [0.15, 0.2) is 0 Å². The molecule has 0 atom stereocenters. The summed E-state index contributed by atoms with van der Waals surface area (Å²) in [4.78, 5) is 14.8. The first kappa shape index (κ1) is 18.5. The van der Waals surface area contributed by atoms with Crippen LogP contribution in [0, 0.1) is 13.8 Å². The molecule has 3 N–H and O–H groups in total. The van der Waals surface area contributed by atoms with Gasteiger partial charge < -0.3 is 11.1 Å². The van der Waals surface area contributed by atoms with Crippen molar-refractivity contribution in [1.82, 2.24) is 5.32 Å². The highest BCUT2D eigenvalue weighted by Crippen LogP contribution is 2.28. The molecule has 0 bridgehead atoms. The second-order valence-corrected chi connectivity index (χ2v) is 7.49. The van der Waals surface area contributed by atoms with Crippen molar-refractivity contribution < 1.29 is 4.79 Å². The minimum absolute atomic E-state index is 0. The average molecular weight is 331 g/mol. The summed E-state index contributed by atoms with van der Waals surface area (Å²) in [6, 6.07) is 2.25. The second-order valence-electron chi connectivity index (χ2n) is 6.03. The zero-order valence-corrected chi connectivity index (χ0v) is 14.7. The fourth-order valence-electron chi connectivity index (χ4n) is 3.16. The summed E-state index contributed by atoms with van der Waals surface area (Å²) in [6.07, 6.45) is 6.98. The molecular formula is C16H27ClN2OS. The van der Waals surface area contributed by atoms with Crippen molar-refractivity contribution in [2.24, 2.45) is 5.73 Å². The zero-order valence-electron chi connectivity index (χ0n) is 13.0. The highest BCUT2D eigenvalue weighted by atomic mass is 35.5. The summed E-state index contributed by atoms with van der Waals surface area (Å²) in [5, 5.41) is 3.19. The Morgan fingerprint density at radius 3 is 2.57 bits per heavy atom. The maximum Gasteiger partial charge on any atom is 0.220 e. The van der Waals surface area contributed by atoms with Gasteiger partial charge in [0.2, 0.25) is 5.91 Å². The average Bonchev–Trinajstić information content (AvgIpc) is 2.98. The number of halogens is 1. The van der Waals surface area contributed by atoms with E-state index in [1.54, 1.807) is 0 Å². The molecule has 0 unspecified atom stereocenters. The summed E-state index contributed by atoms with van der Waals surface area (Å²) in [6.45, 7) is 4.87. The van der Waals surface area contributed by atoms with E-state index in [-0.39, 0.29) is 23.9 Å². The van der Waals surface area contributed by atoms with Crippen molar-refractivity contribution in [1.29, 1.82) is 0 Å². The summed E-state index contributed by atoms with van der Waals surface area (Å²) in [5.41, 5.74) is 7.14. The highest BCUT2D eigenvalue weighted by Gasteiger charge is 2.33. The Hall–Kier alpha value is -0.580. The van der Waals surface area contributed by atoms with Gasteiger partial charge in [-0.2, -0.15) is 0 Å². The number of nitrogens with two attached hydrogens (primary N) is 1. The summed E-state index contributed by atoms with van der Waals surface area (Å²) in [7, 11) is 0. The first-order valence-electron chi connectivity index (χ1n) is 7.62. The van der Waals surface area contributed by atoms with Crippen molar-refractivity contribution >= 4 is 29.7 Å². The van der Waals surface area contributed by atoms with E-state index < -0.39 is 0 Å². The van der Waals surface area contributed by atoms with E-state index in [9.17, 15) is 4.79 Å². The molecule has 1 aromatic heterocycles. The van der Waals surface area contributed by atoms with E-state index in [1.165, 1.54) is 28.2 Å². The molecule has 21 heavy (non-hydrogen) atoms. The summed E-state index contributed by atoms with van der Waals surface area (Å²) >= 11 is 1.84. The van der Waals surface area contributed by atoms with E-state index in [4.69, 9.17) is 5.73 Å². The standard InChI is InChI=1S/C16H26N2OS.ClH/c1-12-10-14(13(2)20-12)6-5-7-15(19)18-16(11-17)8-3-4-9-16;/h10H,3-9,11,17H2,1-2H3,(H,18,19);1H. The SMILES string of the molecule is Cc1cc(CCCC(=O)NC2(CN)CCCC2)c(C)s1.Cl. The minimum atomic E-state index is -0.105. The van der Waals surface area contributed by atoms with E-state index in [1.807, 2.05) is 11.3 Å². The van der Waals surface area contributed by atoms with Crippen LogP contribution in [0.3, 0.4) is 0 Å². The third kappa shape index (κ3) is 4.97. The van der Waals surface area contributed by atoms with Gasteiger partial charge in [-0.3, -0.25) is 4.79 Å².